The molecule has 2 aromatic carbocycles. The van der Waals surface area contributed by atoms with Crippen LogP contribution in [0.5, 0.6) is 5.75 Å². The molecule has 3 atom stereocenters. The molecule has 4 rings (SSSR count). The quantitative estimate of drug-likeness (QED) is 0.326. The molecule has 11 heteroatoms. The molecule has 2 N–H and O–H groups in total. The molecule has 1 aliphatic rings. The number of nitrogens with zero attached hydrogens (tertiary/aromatic N) is 3. The smallest absolute Gasteiger partial charge is 0.416 e. The van der Waals surface area contributed by atoms with Crippen LogP contribution in [0.25, 0.3) is 11.1 Å². The van der Waals surface area contributed by atoms with Gasteiger partial charge in [0.1, 0.15) is 11.7 Å². The van der Waals surface area contributed by atoms with E-state index in [1.165, 1.54) is 6.07 Å². The van der Waals surface area contributed by atoms with Gasteiger partial charge in [-0.15, -0.1) is 0 Å². The fourth-order valence-electron chi connectivity index (χ4n) is 5.35. The summed E-state index contributed by atoms with van der Waals surface area (Å²) in [6, 6.07) is 11.6. The van der Waals surface area contributed by atoms with Crippen molar-refractivity contribution in [3.05, 3.63) is 77.0 Å². The maximum absolute atomic E-state index is 13.6. The van der Waals surface area contributed by atoms with Gasteiger partial charge in [0.05, 0.1) is 17.6 Å². The fourth-order valence-corrected chi connectivity index (χ4v) is 5.35. The second-order valence-corrected chi connectivity index (χ2v) is 12.3. The van der Waals surface area contributed by atoms with E-state index in [2.05, 4.69) is 4.98 Å². The number of aryl methyl sites for hydroxylation is 1. The zero-order valence-corrected chi connectivity index (χ0v) is 26.0. The van der Waals surface area contributed by atoms with Crippen LogP contribution in [0.4, 0.5) is 23.8 Å². The minimum absolute atomic E-state index is 0.102. The number of pyridine rings is 1. The lowest BCUT2D eigenvalue weighted by molar-refractivity contribution is -0.137. The zero-order chi connectivity index (χ0) is 32.6. The summed E-state index contributed by atoms with van der Waals surface area (Å²) < 4.78 is 51.1. The molecule has 44 heavy (non-hydrogen) atoms. The average molecular weight is 613 g/mol. The molecule has 1 saturated heterocycles. The van der Waals surface area contributed by atoms with Crippen LogP contribution in [-0.4, -0.2) is 57.6 Å². The van der Waals surface area contributed by atoms with Gasteiger partial charge in [0, 0.05) is 30.4 Å². The van der Waals surface area contributed by atoms with E-state index in [0.29, 0.717) is 29.8 Å². The molecule has 1 aliphatic heterocycles. The summed E-state index contributed by atoms with van der Waals surface area (Å²) >= 11 is 0. The molecular weight excluding hydrogens is 573 g/mol. The van der Waals surface area contributed by atoms with E-state index in [1.807, 2.05) is 47.6 Å². The molecule has 3 unspecified atom stereocenters. The molecule has 1 fully saturated rings. The Morgan fingerprint density at radius 3 is 2.25 bits per heavy atom. The first kappa shape index (κ1) is 32.6. The summed E-state index contributed by atoms with van der Waals surface area (Å²) in [6.45, 7) is 13.5. The molecule has 0 radical (unpaired) electrons. The van der Waals surface area contributed by atoms with E-state index in [4.69, 9.17) is 15.2 Å². The van der Waals surface area contributed by atoms with Crippen molar-refractivity contribution in [1.29, 1.82) is 0 Å². The Morgan fingerprint density at radius 2 is 1.66 bits per heavy atom. The lowest BCUT2D eigenvalue weighted by Crippen LogP contribution is -2.60. The number of hydrogen-bond donors (Lipinski definition) is 1. The first-order valence-electron chi connectivity index (χ1n) is 14.5. The summed E-state index contributed by atoms with van der Waals surface area (Å²) in [4.78, 5) is 34.0. The summed E-state index contributed by atoms with van der Waals surface area (Å²) in [6.07, 6.45) is -4.01. The summed E-state index contributed by atoms with van der Waals surface area (Å²) in [5.41, 5.74) is 7.74. The molecular formula is C33H39F3N4O4. The molecule has 0 bridgehead atoms. The number of aromatic nitrogens is 1. The summed E-state index contributed by atoms with van der Waals surface area (Å²) in [5.74, 6) is 0.201. The van der Waals surface area contributed by atoms with E-state index in [0.717, 1.165) is 23.3 Å². The number of rotatable bonds is 5. The molecule has 0 saturated carbocycles. The summed E-state index contributed by atoms with van der Waals surface area (Å²) in [5, 5.41) is 0. The van der Waals surface area contributed by atoms with Crippen LogP contribution < -0.4 is 10.5 Å². The van der Waals surface area contributed by atoms with Crippen molar-refractivity contribution >= 4 is 17.8 Å². The Morgan fingerprint density at radius 1 is 1.00 bits per heavy atom. The number of hydrogen-bond acceptors (Lipinski definition) is 6. The molecule has 1 aromatic heterocycles. The molecule has 3 aromatic rings. The number of halogens is 3. The van der Waals surface area contributed by atoms with Crippen LogP contribution in [0.15, 0.2) is 54.7 Å². The fraction of sp³-hybridized carbons (Fsp3) is 0.424. The van der Waals surface area contributed by atoms with Crippen molar-refractivity contribution in [2.75, 3.05) is 18.8 Å². The molecule has 8 nitrogen and oxygen atoms in total. The summed E-state index contributed by atoms with van der Waals surface area (Å²) in [7, 11) is 0. The highest BCUT2D eigenvalue weighted by atomic mass is 19.4. The number of carbonyl (C=O) groups excluding carboxylic acids is 2. The van der Waals surface area contributed by atoms with Gasteiger partial charge in [-0.3, -0.25) is 9.69 Å². The molecule has 236 valence electrons. The van der Waals surface area contributed by atoms with Crippen molar-refractivity contribution < 1.29 is 32.2 Å². The second-order valence-electron chi connectivity index (χ2n) is 12.3. The van der Waals surface area contributed by atoms with Gasteiger partial charge in [-0.25, -0.2) is 9.78 Å². The van der Waals surface area contributed by atoms with E-state index < -0.39 is 29.5 Å². The van der Waals surface area contributed by atoms with Crippen molar-refractivity contribution in [3.8, 4) is 16.9 Å². The Hall–Kier alpha value is -4.28. The van der Waals surface area contributed by atoms with Crippen LogP contribution in [0.1, 0.15) is 74.7 Å². The van der Waals surface area contributed by atoms with Crippen LogP contribution >= 0.6 is 0 Å². The highest BCUT2D eigenvalue weighted by Gasteiger charge is 2.37. The van der Waals surface area contributed by atoms with E-state index >= 15 is 0 Å². The number of amides is 2. The van der Waals surface area contributed by atoms with Crippen LogP contribution in [0.3, 0.4) is 0 Å². The van der Waals surface area contributed by atoms with Gasteiger partial charge in [-0.1, -0.05) is 24.3 Å². The van der Waals surface area contributed by atoms with Gasteiger partial charge in [0.2, 0.25) is 0 Å². The predicted molar refractivity (Wildman–Crippen MR) is 162 cm³/mol. The lowest BCUT2D eigenvalue weighted by Gasteiger charge is -2.44. The third kappa shape index (κ3) is 7.43. The molecule has 0 aliphatic carbocycles. The van der Waals surface area contributed by atoms with Crippen LogP contribution in [-0.2, 0) is 10.9 Å². The van der Waals surface area contributed by atoms with Crippen LogP contribution in [0, 0.1) is 6.92 Å². The van der Waals surface area contributed by atoms with Crippen LogP contribution in [0.2, 0.25) is 0 Å². The molecule has 0 spiro atoms. The molecule has 2 heterocycles. The number of anilines is 1. The van der Waals surface area contributed by atoms with Crippen molar-refractivity contribution in [3.63, 3.8) is 0 Å². The minimum Gasteiger partial charge on any atom is -0.482 e. The van der Waals surface area contributed by atoms with Gasteiger partial charge < -0.3 is 20.1 Å². The third-order valence-corrected chi connectivity index (χ3v) is 7.47. The monoisotopic (exact) mass is 612 g/mol. The van der Waals surface area contributed by atoms with Crippen molar-refractivity contribution in [1.82, 2.24) is 14.8 Å². The highest BCUT2D eigenvalue weighted by Crippen LogP contribution is 2.34. The van der Waals surface area contributed by atoms with Gasteiger partial charge in [-0.2, -0.15) is 13.2 Å². The van der Waals surface area contributed by atoms with E-state index in [-0.39, 0.29) is 29.6 Å². The third-order valence-electron chi connectivity index (χ3n) is 7.47. The zero-order valence-electron chi connectivity index (χ0n) is 26.0. The first-order valence-corrected chi connectivity index (χ1v) is 14.5. The van der Waals surface area contributed by atoms with Crippen molar-refractivity contribution in [2.45, 2.75) is 78.4 Å². The topological polar surface area (TPSA) is 98.0 Å². The normalized spacial score (nSPS) is 18.1. The van der Waals surface area contributed by atoms with Gasteiger partial charge in [0.25, 0.3) is 5.91 Å². The average Bonchev–Trinajstić information content (AvgIpc) is 2.92. The lowest BCUT2D eigenvalue weighted by atomic mass is 9.99. The minimum atomic E-state index is -4.47. The van der Waals surface area contributed by atoms with E-state index in [9.17, 15) is 22.8 Å². The van der Waals surface area contributed by atoms with Crippen molar-refractivity contribution in [2.24, 2.45) is 0 Å². The largest absolute Gasteiger partial charge is 0.482 e. The van der Waals surface area contributed by atoms with E-state index in [1.54, 1.807) is 47.2 Å². The second kappa shape index (κ2) is 12.4. The Bertz CT molecular complexity index is 1520. The Balaban J connectivity index is 1.50. The number of alkyl halides is 3. The standard InChI is InChI=1S/C33H39F3N4O4/c1-19-13-24(11-12-27(19)30(41)39-17-20(2)40(21(3)18-39)31(42)44-32(5,6)7)25-15-28(29(37)38-16-25)43-22(4)23-9-8-10-26(14-23)33(34,35)36/h8-16,20-22H,17-18H2,1-7H3,(H2,37,38). The molecule has 2 amide bonds. The number of benzene rings is 2. The van der Waals surface area contributed by atoms with Gasteiger partial charge >= 0.3 is 12.3 Å². The SMILES string of the molecule is Cc1cc(-c2cnc(N)c(OC(C)c3cccc(C(F)(F)F)c3)c2)ccc1C(=O)N1CC(C)N(C(=O)OC(C)(C)C)C(C)C1. The Labute approximate surface area is 256 Å². The Kier molecular flexibility index (Phi) is 9.18. The number of ether oxygens (including phenoxy) is 2. The van der Waals surface area contributed by atoms with Gasteiger partial charge in [-0.05, 0) is 89.4 Å². The maximum atomic E-state index is 13.6. The number of nitrogens with two attached hydrogens (primary N) is 1. The highest BCUT2D eigenvalue weighted by molar-refractivity contribution is 5.96. The number of piperazine rings is 1. The van der Waals surface area contributed by atoms with Gasteiger partial charge in [0.15, 0.2) is 11.6 Å². The number of carbonyl (C=O) groups is 2. The predicted octanol–water partition coefficient (Wildman–Crippen LogP) is 7.27. The number of nitrogen functional groups attached to an aromatic ring is 1. The maximum Gasteiger partial charge on any atom is 0.416 e. The first-order chi connectivity index (χ1) is 20.4.